The van der Waals surface area contributed by atoms with E-state index in [0.29, 0.717) is 11.8 Å². The summed E-state index contributed by atoms with van der Waals surface area (Å²) >= 11 is 0. The van der Waals surface area contributed by atoms with E-state index in [1.165, 1.54) is 0 Å². The van der Waals surface area contributed by atoms with Crippen LogP contribution in [-0.2, 0) is 0 Å². The quantitative estimate of drug-likeness (QED) is 0.571. The van der Waals surface area contributed by atoms with Gasteiger partial charge in [-0.05, 0) is 31.6 Å². The lowest BCUT2D eigenvalue weighted by Crippen LogP contribution is -2.26. The van der Waals surface area contributed by atoms with Gasteiger partial charge in [0.1, 0.15) is 0 Å². The molecule has 2 nitrogen and oxygen atoms in total. The first-order valence-corrected chi connectivity index (χ1v) is 3.89. The van der Waals surface area contributed by atoms with Gasteiger partial charge in [0, 0.05) is 6.61 Å². The molecule has 1 aliphatic carbocycles. The van der Waals surface area contributed by atoms with E-state index in [2.05, 4.69) is 0 Å². The normalized spacial score (nSPS) is 48.0. The Morgan fingerprint density at radius 3 is 2.40 bits per heavy atom. The van der Waals surface area contributed by atoms with Crippen LogP contribution in [0.3, 0.4) is 0 Å². The molecule has 0 radical (unpaired) electrons. The molecule has 10 heavy (non-hydrogen) atoms. The predicted molar refractivity (Wildman–Crippen MR) is 39.6 cm³/mol. The average Bonchev–Trinajstić information content (AvgIpc) is 2.08. The molecule has 0 aromatic rings. The fourth-order valence-electron chi connectivity index (χ4n) is 1.76. The van der Waals surface area contributed by atoms with Crippen molar-refractivity contribution < 1.29 is 10.2 Å². The number of hydrogen-bond donors (Lipinski definition) is 2. The highest BCUT2D eigenvalue weighted by Crippen LogP contribution is 2.38. The number of aliphatic hydroxyl groups excluding tert-OH is 1. The third-order valence-electron chi connectivity index (χ3n) is 2.71. The second kappa shape index (κ2) is 2.51. The van der Waals surface area contributed by atoms with Crippen LogP contribution in [0.2, 0.25) is 0 Å². The van der Waals surface area contributed by atoms with Gasteiger partial charge < -0.3 is 10.2 Å². The molecule has 0 spiro atoms. The molecule has 3 atom stereocenters. The minimum Gasteiger partial charge on any atom is -0.396 e. The average molecular weight is 144 g/mol. The molecule has 0 aliphatic heterocycles. The van der Waals surface area contributed by atoms with Gasteiger partial charge in [0.15, 0.2) is 0 Å². The maximum atomic E-state index is 9.65. The van der Waals surface area contributed by atoms with Crippen LogP contribution >= 0.6 is 0 Å². The maximum Gasteiger partial charge on any atom is 0.0648 e. The van der Waals surface area contributed by atoms with E-state index in [9.17, 15) is 5.11 Å². The van der Waals surface area contributed by atoms with Crippen LogP contribution in [0, 0.1) is 11.8 Å². The zero-order valence-electron chi connectivity index (χ0n) is 6.67. The van der Waals surface area contributed by atoms with Gasteiger partial charge in [-0.2, -0.15) is 0 Å². The molecular weight excluding hydrogens is 128 g/mol. The molecule has 1 aliphatic rings. The van der Waals surface area contributed by atoms with Gasteiger partial charge in [-0.1, -0.05) is 6.92 Å². The smallest absolute Gasteiger partial charge is 0.0648 e. The van der Waals surface area contributed by atoms with Gasteiger partial charge in [-0.15, -0.1) is 0 Å². The minimum absolute atomic E-state index is 0.223. The first-order valence-electron chi connectivity index (χ1n) is 3.89. The second-order valence-corrected chi connectivity index (χ2v) is 3.75. The van der Waals surface area contributed by atoms with Crippen molar-refractivity contribution in [1.82, 2.24) is 0 Å². The highest BCUT2D eigenvalue weighted by molar-refractivity contribution is 4.90. The third-order valence-corrected chi connectivity index (χ3v) is 2.71. The molecule has 0 amide bonds. The van der Waals surface area contributed by atoms with E-state index < -0.39 is 5.60 Å². The van der Waals surface area contributed by atoms with Crippen LogP contribution in [0.25, 0.3) is 0 Å². The molecule has 1 rings (SSSR count). The molecule has 1 saturated carbocycles. The Bertz CT molecular complexity index is 120. The molecule has 0 aromatic carbocycles. The fourth-order valence-corrected chi connectivity index (χ4v) is 1.76. The molecule has 0 aromatic heterocycles. The zero-order chi connectivity index (χ0) is 7.78. The number of rotatable bonds is 1. The van der Waals surface area contributed by atoms with E-state index in [-0.39, 0.29) is 6.61 Å². The molecule has 0 saturated heterocycles. The summed E-state index contributed by atoms with van der Waals surface area (Å²) in [4.78, 5) is 0. The topological polar surface area (TPSA) is 40.5 Å². The fraction of sp³-hybridized carbons (Fsp3) is 1.00. The Kier molecular flexibility index (Phi) is 2.02. The van der Waals surface area contributed by atoms with Crippen LogP contribution in [0.4, 0.5) is 0 Å². The van der Waals surface area contributed by atoms with Crippen molar-refractivity contribution in [1.29, 1.82) is 0 Å². The minimum atomic E-state index is -0.534. The summed E-state index contributed by atoms with van der Waals surface area (Å²) in [7, 11) is 0. The summed E-state index contributed by atoms with van der Waals surface area (Å²) in [5.41, 5.74) is -0.534. The van der Waals surface area contributed by atoms with Crippen LogP contribution < -0.4 is 0 Å². The van der Waals surface area contributed by atoms with Crippen molar-refractivity contribution in [3.63, 3.8) is 0 Å². The first kappa shape index (κ1) is 8.02. The van der Waals surface area contributed by atoms with Crippen molar-refractivity contribution in [2.45, 2.75) is 32.3 Å². The first-order chi connectivity index (χ1) is 4.56. The number of aliphatic hydroxyl groups is 2. The van der Waals surface area contributed by atoms with E-state index in [1.807, 2.05) is 13.8 Å². The van der Waals surface area contributed by atoms with Gasteiger partial charge in [-0.3, -0.25) is 0 Å². The highest BCUT2D eigenvalue weighted by Gasteiger charge is 2.38. The lowest BCUT2D eigenvalue weighted by Gasteiger charge is -2.21. The lowest BCUT2D eigenvalue weighted by molar-refractivity contribution is 0.0245. The molecule has 3 unspecified atom stereocenters. The molecule has 1 fully saturated rings. The van der Waals surface area contributed by atoms with Gasteiger partial charge in [0.25, 0.3) is 0 Å². The van der Waals surface area contributed by atoms with Crippen LogP contribution in [0.15, 0.2) is 0 Å². The molecule has 2 heteroatoms. The highest BCUT2D eigenvalue weighted by atomic mass is 16.3. The lowest BCUT2D eigenvalue weighted by atomic mass is 9.95. The summed E-state index contributed by atoms with van der Waals surface area (Å²) in [5.74, 6) is 0.662. The summed E-state index contributed by atoms with van der Waals surface area (Å²) in [6.45, 7) is 4.11. The predicted octanol–water partition coefficient (Wildman–Crippen LogP) is 0.776. The Morgan fingerprint density at radius 1 is 1.60 bits per heavy atom. The maximum absolute atomic E-state index is 9.65. The van der Waals surface area contributed by atoms with Crippen molar-refractivity contribution >= 4 is 0 Å². The van der Waals surface area contributed by atoms with Gasteiger partial charge in [-0.25, -0.2) is 0 Å². The second-order valence-electron chi connectivity index (χ2n) is 3.75. The summed E-state index contributed by atoms with van der Waals surface area (Å²) in [5, 5.41) is 18.5. The summed E-state index contributed by atoms with van der Waals surface area (Å²) in [6, 6.07) is 0. The molecule has 0 bridgehead atoms. The summed E-state index contributed by atoms with van der Waals surface area (Å²) < 4.78 is 0. The van der Waals surface area contributed by atoms with Gasteiger partial charge in [0.05, 0.1) is 5.60 Å². The van der Waals surface area contributed by atoms with Crippen LogP contribution in [0.1, 0.15) is 26.7 Å². The van der Waals surface area contributed by atoms with Crippen molar-refractivity contribution in [2.24, 2.45) is 11.8 Å². The molecule has 60 valence electrons. The monoisotopic (exact) mass is 144 g/mol. The van der Waals surface area contributed by atoms with Crippen LogP contribution in [0.5, 0.6) is 0 Å². The van der Waals surface area contributed by atoms with E-state index in [1.54, 1.807) is 0 Å². The molecular formula is C8H16O2. The van der Waals surface area contributed by atoms with Crippen molar-refractivity contribution in [3.05, 3.63) is 0 Å². The molecule has 0 heterocycles. The summed E-state index contributed by atoms with van der Waals surface area (Å²) in [6.07, 6.45) is 1.72. The number of hydrogen-bond acceptors (Lipinski definition) is 2. The Morgan fingerprint density at radius 2 is 2.20 bits per heavy atom. The van der Waals surface area contributed by atoms with Crippen molar-refractivity contribution in [2.75, 3.05) is 6.61 Å². The van der Waals surface area contributed by atoms with Gasteiger partial charge >= 0.3 is 0 Å². The van der Waals surface area contributed by atoms with E-state index >= 15 is 0 Å². The Labute approximate surface area is 61.9 Å². The Hall–Kier alpha value is -0.0800. The van der Waals surface area contributed by atoms with Gasteiger partial charge in [0.2, 0.25) is 0 Å². The third kappa shape index (κ3) is 1.32. The van der Waals surface area contributed by atoms with Crippen LogP contribution in [-0.4, -0.2) is 22.4 Å². The van der Waals surface area contributed by atoms with Crippen molar-refractivity contribution in [3.8, 4) is 0 Å². The SMILES string of the molecule is CC1CC(CO)CC1(C)O. The Balaban J connectivity index is 2.53. The molecule has 2 N–H and O–H groups in total. The van der Waals surface area contributed by atoms with E-state index in [4.69, 9.17) is 5.11 Å². The zero-order valence-corrected chi connectivity index (χ0v) is 6.67. The van der Waals surface area contributed by atoms with E-state index in [0.717, 1.165) is 12.8 Å². The standard InChI is InChI=1S/C8H16O2/c1-6-3-7(5-9)4-8(6,2)10/h6-7,9-10H,3-5H2,1-2H3. The largest absolute Gasteiger partial charge is 0.396 e.